The summed E-state index contributed by atoms with van der Waals surface area (Å²) in [6, 6.07) is 2.33. The minimum atomic E-state index is 0.380. The van der Waals surface area contributed by atoms with Crippen LogP contribution in [0.1, 0.15) is 26.7 Å². The predicted octanol–water partition coefficient (Wildman–Crippen LogP) is 2.19. The smallest absolute Gasteiger partial charge is 0.0658 e. The van der Waals surface area contributed by atoms with Gasteiger partial charge < -0.3 is 0 Å². The number of nitrogens with zero attached hydrogens (tertiary/aromatic N) is 1. The lowest BCUT2D eigenvalue weighted by Crippen LogP contribution is -2.28. The fourth-order valence-electron chi connectivity index (χ4n) is 1.48. The molecular formula is C8H13N. The van der Waals surface area contributed by atoms with Gasteiger partial charge in [0, 0.05) is 5.92 Å². The van der Waals surface area contributed by atoms with Gasteiger partial charge in [0.1, 0.15) is 0 Å². The van der Waals surface area contributed by atoms with Crippen LogP contribution in [0.25, 0.3) is 0 Å². The molecule has 0 radical (unpaired) electrons. The second kappa shape index (κ2) is 2.39. The topological polar surface area (TPSA) is 23.8 Å². The van der Waals surface area contributed by atoms with Crippen LogP contribution in [0.2, 0.25) is 0 Å². The normalized spacial score (nSPS) is 33.6. The Morgan fingerprint density at radius 2 is 2.11 bits per heavy atom. The minimum Gasteiger partial charge on any atom is -0.198 e. The molecule has 0 aromatic heterocycles. The molecule has 0 spiro atoms. The number of nitriles is 1. The van der Waals surface area contributed by atoms with Crippen molar-refractivity contribution in [1.82, 2.24) is 0 Å². The first kappa shape index (κ1) is 6.61. The standard InChI is InChI=1S/C8H13N/c1-6(2)8-4-3-7(8)5-9/h6-8H,3-4H2,1-2H3/t7-,8+/m0/s1. The van der Waals surface area contributed by atoms with E-state index in [-0.39, 0.29) is 0 Å². The van der Waals surface area contributed by atoms with Gasteiger partial charge in [-0.2, -0.15) is 5.26 Å². The monoisotopic (exact) mass is 123 g/mol. The van der Waals surface area contributed by atoms with Crippen molar-refractivity contribution in [1.29, 1.82) is 5.26 Å². The van der Waals surface area contributed by atoms with Crippen LogP contribution in [0, 0.1) is 29.1 Å². The zero-order valence-electron chi connectivity index (χ0n) is 6.09. The summed E-state index contributed by atoms with van der Waals surface area (Å²) in [6.07, 6.45) is 2.41. The molecule has 1 heteroatoms. The van der Waals surface area contributed by atoms with Crippen LogP contribution >= 0.6 is 0 Å². The summed E-state index contributed by atoms with van der Waals surface area (Å²) in [6.45, 7) is 4.41. The molecule has 1 rings (SSSR count). The maximum Gasteiger partial charge on any atom is 0.0658 e. The van der Waals surface area contributed by atoms with E-state index in [9.17, 15) is 0 Å². The van der Waals surface area contributed by atoms with E-state index in [0.717, 1.165) is 6.42 Å². The van der Waals surface area contributed by atoms with Gasteiger partial charge in [-0.05, 0) is 24.7 Å². The van der Waals surface area contributed by atoms with Crippen molar-refractivity contribution in [3.8, 4) is 6.07 Å². The Hall–Kier alpha value is -0.510. The van der Waals surface area contributed by atoms with E-state index in [1.165, 1.54) is 6.42 Å². The molecule has 1 aliphatic rings. The Bertz CT molecular complexity index is 132. The number of hydrogen-bond acceptors (Lipinski definition) is 1. The average Bonchev–Trinajstić information content (AvgIpc) is 1.61. The SMILES string of the molecule is CC(C)[C@H]1CC[C@H]1C#N. The van der Waals surface area contributed by atoms with Gasteiger partial charge in [-0.1, -0.05) is 13.8 Å². The van der Waals surface area contributed by atoms with Crippen molar-refractivity contribution in [2.45, 2.75) is 26.7 Å². The largest absolute Gasteiger partial charge is 0.198 e. The van der Waals surface area contributed by atoms with E-state index in [1.807, 2.05) is 0 Å². The lowest BCUT2D eigenvalue weighted by molar-refractivity contribution is 0.169. The summed E-state index contributed by atoms with van der Waals surface area (Å²) in [4.78, 5) is 0. The predicted molar refractivity (Wildman–Crippen MR) is 36.7 cm³/mol. The molecule has 0 heterocycles. The van der Waals surface area contributed by atoms with E-state index >= 15 is 0 Å². The zero-order chi connectivity index (χ0) is 6.85. The third-order valence-electron chi connectivity index (χ3n) is 2.35. The Labute approximate surface area is 56.7 Å². The maximum absolute atomic E-state index is 8.56. The van der Waals surface area contributed by atoms with Gasteiger partial charge in [0.05, 0.1) is 6.07 Å². The first-order valence-corrected chi connectivity index (χ1v) is 3.65. The highest BCUT2D eigenvalue weighted by molar-refractivity contribution is 4.96. The van der Waals surface area contributed by atoms with Gasteiger partial charge in [0.2, 0.25) is 0 Å². The molecule has 1 fully saturated rings. The van der Waals surface area contributed by atoms with Crippen LogP contribution in [0.5, 0.6) is 0 Å². The van der Waals surface area contributed by atoms with Crippen LogP contribution < -0.4 is 0 Å². The average molecular weight is 123 g/mol. The van der Waals surface area contributed by atoms with Gasteiger partial charge in [0.25, 0.3) is 0 Å². The molecule has 2 atom stereocenters. The molecule has 0 aliphatic heterocycles. The molecule has 9 heavy (non-hydrogen) atoms. The summed E-state index contributed by atoms with van der Waals surface area (Å²) in [7, 11) is 0. The third kappa shape index (κ3) is 1.08. The van der Waals surface area contributed by atoms with Gasteiger partial charge in [0.15, 0.2) is 0 Å². The lowest BCUT2D eigenvalue weighted by Gasteiger charge is -2.34. The van der Waals surface area contributed by atoms with Crippen molar-refractivity contribution in [2.24, 2.45) is 17.8 Å². The van der Waals surface area contributed by atoms with E-state index in [1.54, 1.807) is 0 Å². The molecular weight excluding hydrogens is 110 g/mol. The van der Waals surface area contributed by atoms with Crippen molar-refractivity contribution in [3.05, 3.63) is 0 Å². The molecule has 50 valence electrons. The molecule has 1 aliphatic carbocycles. The van der Waals surface area contributed by atoms with Crippen molar-refractivity contribution in [2.75, 3.05) is 0 Å². The van der Waals surface area contributed by atoms with E-state index in [4.69, 9.17) is 5.26 Å². The summed E-state index contributed by atoms with van der Waals surface area (Å²) >= 11 is 0. The Kier molecular flexibility index (Phi) is 1.75. The van der Waals surface area contributed by atoms with Crippen molar-refractivity contribution >= 4 is 0 Å². The van der Waals surface area contributed by atoms with Gasteiger partial charge in [-0.25, -0.2) is 0 Å². The first-order chi connectivity index (χ1) is 4.25. The van der Waals surface area contributed by atoms with Crippen LogP contribution in [0.3, 0.4) is 0 Å². The molecule has 0 aromatic rings. The number of rotatable bonds is 1. The second-order valence-electron chi connectivity index (χ2n) is 3.22. The molecule has 0 N–H and O–H groups in total. The second-order valence-corrected chi connectivity index (χ2v) is 3.22. The van der Waals surface area contributed by atoms with Crippen molar-refractivity contribution < 1.29 is 0 Å². The molecule has 1 nitrogen and oxygen atoms in total. The van der Waals surface area contributed by atoms with Crippen LogP contribution in [-0.2, 0) is 0 Å². The highest BCUT2D eigenvalue weighted by Gasteiger charge is 2.32. The summed E-state index contributed by atoms with van der Waals surface area (Å²) < 4.78 is 0. The zero-order valence-corrected chi connectivity index (χ0v) is 6.09. The molecule has 0 bridgehead atoms. The molecule has 0 aromatic carbocycles. The highest BCUT2D eigenvalue weighted by atomic mass is 14.4. The maximum atomic E-state index is 8.56. The van der Waals surface area contributed by atoms with Gasteiger partial charge in [-0.15, -0.1) is 0 Å². The van der Waals surface area contributed by atoms with Crippen molar-refractivity contribution in [3.63, 3.8) is 0 Å². The van der Waals surface area contributed by atoms with Gasteiger partial charge >= 0.3 is 0 Å². The molecule has 0 amide bonds. The minimum absolute atomic E-state index is 0.380. The van der Waals surface area contributed by atoms with Crippen LogP contribution in [0.4, 0.5) is 0 Å². The molecule has 0 unspecified atom stereocenters. The first-order valence-electron chi connectivity index (χ1n) is 3.65. The van der Waals surface area contributed by atoms with E-state index in [0.29, 0.717) is 17.8 Å². The summed E-state index contributed by atoms with van der Waals surface area (Å²) in [5, 5.41) is 8.56. The quantitative estimate of drug-likeness (QED) is 0.524. The van der Waals surface area contributed by atoms with Crippen LogP contribution in [0.15, 0.2) is 0 Å². The Morgan fingerprint density at radius 1 is 1.44 bits per heavy atom. The Morgan fingerprint density at radius 3 is 2.22 bits per heavy atom. The van der Waals surface area contributed by atoms with E-state index in [2.05, 4.69) is 19.9 Å². The summed E-state index contributed by atoms with van der Waals surface area (Å²) in [5.74, 6) is 1.79. The summed E-state index contributed by atoms with van der Waals surface area (Å²) in [5.41, 5.74) is 0. The van der Waals surface area contributed by atoms with Gasteiger partial charge in [-0.3, -0.25) is 0 Å². The molecule has 0 saturated heterocycles. The highest BCUT2D eigenvalue weighted by Crippen LogP contribution is 2.38. The lowest BCUT2D eigenvalue weighted by atomic mass is 9.69. The van der Waals surface area contributed by atoms with E-state index < -0.39 is 0 Å². The third-order valence-corrected chi connectivity index (χ3v) is 2.35. The van der Waals surface area contributed by atoms with Crippen LogP contribution in [-0.4, -0.2) is 0 Å². The Balaban J connectivity index is 2.38. The fraction of sp³-hybridized carbons (Fsp3) is 0.875. The number of hydrogen-bond donors (Lipinski definition) is 0. The fourth-order valence-corrected chi connectivity index (χ4v) is 1.48. The molecule has 1 saturated carbocycles.